The Morgan fingerprint density at radius 1 is 1.19 bits per heavy atom. The number of aromatic nitrogens is 2. The van der Waals surface area contributed by atoms with E-state index in [0.717, 1.165) is 0 Å². The van der Waals surface area contributed by atoms with E-state index in [4.69, 9.17) is 31.5 Å². The van der Waals surface area contributed by atoms with Gasteiger partial charge in [-0.3, -0.25) is 10.1 Å². The molecule has 1 aliphatic heterocycles. The van der Waals surface area contributed by atoms with E-state index in [-0.39, 0.29) is 50.2 Å². The van der Waals surface area contributed by atoms with Crippen molar-refractivity contribution in [1.29, 1.82) is 0 Å². The normalized spacial score (nSPS) is 13.5. The number of morpholine rings is 1. The zero-order valence-corrected chi connectivity index (χ0v) is 24.4. The number of nitrogens with zero attached hydrogens (tertiary/aromatic N) is 4. The highest BCUT2D eigenvalue weighted by Gasteiger charge is 2.26. The number of anilines is 5. The lowest BCUT2D eigenvalue weighted by molar-refractivity contribution is -0.384. The number of amides is 1. The van der Waals surface area contributed by atoms with Crippen LogP contribution in [0.3, 0.4) is 0 Å². The summed E-state index contributed by atoms with van der Waals surface area (Å²) in [6.07, 6.45) is 0.164. The van der Waals surface area contributed by atoms with E-state index in [1.54, 1.807) is 6.07 Å². The molecule has 1 saturated heterocycles. The number of rotatable bonds is 10. The number of hydrogen-bond acceptors (Lipinski definition) is 13. The number of nitro groups is 1. The molecule has 0 spiro atoms. The van der Waals surface area contributed by atoms with Crippen LogP contribution in [0.25, 0.3) is 0 Å². The van der Waals surface area contributed by atoms with Gasteiger partial charge in [0.1, 0.15) is 22.2 Å². The number of nitro benzene ring substituents is 1. The maximum absolute atomic E-state index is 13.0. The van der Waals surface area contributed by atoms with E-state index in [1.807, 2.05) is 4.90 Å². The highest BCUT2D eigenvalue weighted by molar-refractivity contribution is 7.92. The van der Waals surface area contributed by atoms with Crippen molar-refractivity contribution in [2.24, 2.45) is 5.73 Å². The lowest BCUT2D eigenvalue weighted by Crippen LogP contribution is -2.36. The van der Waals surface area contributed by atoms with Crippen molar-refractivity contribution in [2.75, 3.05) is 48.9 Å². The van der Waals surface area contributed by atoms with E-state index >= 15 is 0 Å². The first-order valence-electron chi connectivity index (χ1n) is 12.5. The van der Waals surface area contributed by atoms with E-state index in [2.05, 4.69) is 20.6 Å². The molecular weight excluding hydrogens is 594 g/mol. The lowest BCUT2D eigenvalue weighted by Gasteiger charge is -2.29. The molecule has 1 aliphatic rings. The fourth-order valence-corrected chi connectivity index (χ4v) is 5.40. The highest BCUT2D eigenvalue weighted by atomic mass is 35.5. The molecule has 4 rings (SSSR count). The van der Waals surface area contributed by atoms with E-state index in [1.165, 1.54) is 51.4 Å². The summed E-state index contributed by atoms with van der Waals surface area (Å²) in [5.74, 6) is 0.223. The summed E-state index contributed by atoms with van der Waals surface area (Å²) in [5.41, 5.74) is 5.54. The molecule has 224 valence electrons. The molecule has 42 heavy (non-hydrogen) atoms. The fraction of sp³-hybridized carbons (Fsp3) is 0.320. The summed E-state index contributed by atoms with van der Waals surface area (Å²) in [6, 6.07) is 6.69. The van der Waals surface area contributed by atoms with Gasteiger partial charge in [-0.25, -0.2) is 18.2 Å². The topological polar surface area (TPSA) is 201 Å². The molecule has 0 bridgehead atoms. The number of nitrogens with two attached hydrogens (primary N) is 1. The van der Waals surface area contributed by atoms with Crippen molar-refractivity contribution >= 4 is 62.0 Å². The fourth-order valence-electron chi connectivity index (χ4n) is 4.08. The molecule has 0 radical (unpaired) electrons. The Kier molecular flexibility index (Phi) is 9.18. The van der Waals surface area contributed by atoms with Crippen molar-refractivity contribution in [1.82, 2.24) is 9.97 Å². The number of benzene rings is 2. The smallest absolute Gasteiger partial charge is 0.409 e. The van der Waals surface area contributed by atoms with Crippen LogP contribution in [0.2, 0.25) is 5.02 Å². The van der Waals surface area contributed by atoms with Crippen LogP contribution in [0.5, 0.6) is 11.5 Å². The number of hydrogen-bond donors (Lipinski definition) is 3. The Bertz CT molecular complexity index is 1610. The summed E-state index contributed by atoms with van der Waals surface area (Å²) in [5, 5.41) is 17.0. The van der Waals surface area contributed by atoms with Crippen LogP contribution in [0.4, 0.5) is 39.3 Å². The summed E-state index contributed by atoms with van der Waals surface area (Å²) in [7, 11) is -2.39. The summed E-state index contributed by atoms with van der Waals surface area (Å²) < 4.78 is 41.8. The van der Waals surface area contributed by atoms with Gasteiger partial charge in [0, 0.05) is 31.3 Å². The number of primary amides is 1. The number of nitrogens with one attached hydrogen (secondary N) is 2. The van der Waals surface area contributed by atoms with Crippen molar-refractivity contribution in [3.05, 3.63) is 51.7 Å². The van der Waals surface area contributed by atoms with Crippen LogP contribution in [0.1, 0.15) is 13.8 Å². The zero-order chi connectivity index (χ0) is 30.6. The average Bonchev–Trinajstić information content (AvgIpc) is 2.94. The first-order chi connectivity index (χ1) is 19.9. The average molecular weight is 622 g/mol. The molecule has 0 unspecified atom stereocenters. The maximum atomic E-state index is 13.0. The molecule has 4 N–H and O–H groups in total. The van der Waals surface area contributed by atoms with E-state index < -0.39 is 26.1 Å². The first-order valence-corrected chi connectivity index (χ1v) is 14.4. The Morgan fingerprint density at radius 2 is 1.90 bits per heavy atom. The maximum Gasteiger partial charge on any atom is 0.409 e. The molecule has 1 fully saturated rings. The number of ether oxygens (including phenoxy) is 3. The third-order valence-electron chi connectivity index (χ3n) is 6.19. The predicted octanol–water partition coefficient (Wildman–Crippen LogP) is 4.01. The van der Waals surface area contributed by atoms with E-state index in [0.29, 0.717) is 32.0 Å². The number of methoxy groups -OCH3 is 1. The summed E-state index contributed by atoms with van der Waals surface area (Å²) in [6.45, 7) is 4.86. The van der Waals surface area contributed by atoms with Crippen LogP contribution in [0.15, 0.2) is 41.4 Å². The minimum Gasteiger partial charge on any atom is -0.494 e. The molecule has 17 heteroatoms. The van der Waals surface area contributed by atoms with Crippen LogP contribution >= 0.6 is 11.6 Å². The molecule has 1 aromatic heterocycles. The van der Waals surface area contributed by atoms with Gasteiger partial charge >= 0.3 is 6.09 Å². The number of carbonyl (C=O) groups excluding carboxylic acids is 1. The third-order valence-corrected chi connectivity index (χ3v) is 8.67. The van der Waals surface area contributed by atoms with Gasteiger partial charge in [0.25, 0.3) is 5.69 Å². The van der Waals surface area contributed by atoms with Crippen molar-refractivity contribution in [2.45, 2.75) is 24.0 Å². The first kappa shape index (κ1) is 30.5. The Labute approximate surface area is 246 Å². The van der Waals surface area contributed by atoms with Gasteiger partial charge in [-0.15, -0.1) is 0 Å². The van der Waals surface area contributed by atoms with Crippen LogP contribution in [-0.4, -0.2) is 68.1 Å². The molecule has 0 saturated carbocycles. The monoisotopic (exact) mass is 621 g/mol. The van der Waals surface area contributed by atoms with Gasteiger partial charge in [-0.1, -0.05) is 11.6 Å². The molecule has 2 heterocycles. The lowest BCUT2D eigenvalue weighted by atomic mass is 10.2. The van der Waals surface area contributed by atoms with Crippen LogP contribution < -0.4 is 30.7 Å². The van der Waals surface area contributed by atoms with Gasteiger partial charge in [-0.2, -0.15) is 4.98 Å². The number of carbonyl (C=O) groups is 1. The van der Waals surface area contributed by atoms with Gasteiger partial charge in [0.2, 0.25) is 5.95 Å². The quantitative estimate of drug-likeness (QED) is 0.217. The minimum absolute atomic E-state index is 0.0102. The molecule has 3 aromatic rings. The predicted molar refractivity (Wildman–Crippen MR) is 155 cm³/mol. The number of halogens is 1. The SMILES string of the molecule is COc1cc(N2CCOCC2)c([N+](=O)[O-])cc1Nc1ncc(Cl)c(Nc2cc(OC(N)=O)ccc2S(=O)(=O)C(C)C)n1. The third kappa shape index (κ3) is 6.72. The van der Waals surface area contributed by atoms with Crippen molar-refractivity contribution in [3.63, 3.8) is 0 Å². The van der Waals surface area contributed by atoms with Gasteiger partial charge in [0.15, 0.2) is 15.7 Å². The van der Waals surface area contributed by atoms with Crippen LogP contribution in [-0.2, 0) is 14.6 Å². The Hall–Kier alpha value is -4.41. The Balaban J connectivity index is 1.72. The molecule has 2 aromatic carbocycles. The standard InChI is InChI=1S/C25H28ClN7O8S/c1-14(2)42(37,38)22-5-4-15(41-24(27)34)10-18(22)29-23-16(26)13-28-25(31-23)30-17-11-20(33(35)36)19(12-21(17)39-3)32-6-8-40-9-7-32/h4-5,10-14H,6-9H2,1-3H3,(H2,27,34)(H2,28,29,30,31). The minimum atomic E-state index is -3.81. The summed E-state index contributed by atoms with van der Waals surface area (Å²) >= 11 is 6.33. The van der Waals surface area contributed by atoms with Crippen molar-refractivity contribution in [3.8, 4) is 11.5 Å². The largest absolute Gasteiger partial charge is 0.494 e. The van der Waals surface area contributed by atoms with Crippen LogP contribution in [0, 0.1) is 10.1 Å². The molecule has 0 aliphatic carbocycles. The van der Waals surface area contributed by atoms with Gasteiger partial charge in [-0.05, 0) is 26.0 Å². The van der Waals surface area contributed by atoms with Crippen molar-refractivity contribution < 1.29 is 32.3 Å². The highest BCUT2D eigenvalue weighted by Crippen LogP contribution is 2.40. The number of sulfone groups is 1. The second-order valence-corrected chi connectivity index (χ2v) is 12.1. The molecule has 15 nitrogen and oxygen atoms in total. The summed E-state index contributed by atoms with van der Waals surface area (Å²) in [4.78, 5) is 33.0. The Morgan fingerprint density at radius 3 is 2.52 bits per heavy atom. The zero-order valence-electron chi connectivity index (χ0n) is 22.8. The van der Waals surface area contributed by atoms with Gasteiger partial charge < -0.3 is 35.5 Å². The molecule has 0 atom stereocenters. The van der Waals surface area contributed by atoms with E-state index in [9.17, 15) is 23.3 Å². The second kappa shape index (κ2) is 12.6. The van der Waals surface area contributed by atoms with Gasteiger partial charge in [0.05, 0.1) is 53.0 Å². The molecular formula is C25H28ClN7O8S. The molecule has 1 amide bonds. The second-order valence-electron chi connectivity index (χ2n) is 9.21.